The molecule has 0 saturated heterocycles. The number of hydrogen-bond acceptors (Lipinski definition) is 5. The SMILES string of the molecule is CC(C)Cc1nc(-c2cnccn2)sc1CNC1CC1. The zero-order valence-electron chi connectivity index (χ0n) is 12.0. The van der Waals surface area contributed by atoms with Gasteiger partial charge in [0.2, 0.25) is 0 Å². The fourth-order valence-electron chi connectivity index (χ4n) is 2.11. The Morgan fingerprint density at radius 3 is 2.85 bits per heavy atom. The van der Waals surface area contributed by atoms with Crippen molar-refractivity contribution < 1.29 is 0 Å². The van der Waals surface area contributed by atoms with Crippen LogP contribution in [0, 0.1) is 5.92 Å². The van der Waals surface area contributed by atoms with Crippen molar-refractivity contribution in [3.63, 3.8) is 0 Å². The third kappa shape index (κ3) is 3.41. The maximum absolute atomic E-state index is 4.79. The van der Waals surface area contributed by atoms with E-state index in [9.17, 15) is 0 Å². The van der Waals surface area contributed by atoms with Crippen LogP contribution in [0.3, 0.4) is 0 Å². The van der Waals surface area contributed by atoms with Gasteiger partial charge in [-0.05, 0) is 25.2 Å². The van der Waals surface area contributed by atoms with Crippen molar-refractivity contribution in [1.82, 2.24) is 20.3 Å². The zero-order chi connectivity index (χ0) is 13.9. The third-order valence-electron chi connectivity index (χ3n) is 3.29. The van der Waals surface area contributed by atoms with E-state index in [1.165, 1.54) is 23.4 Å². The molecule has 0 bridgehead atoms. The summed E-state index contributed by atoms with van der Waals surface area (Å²) in [7, 11) is 0. The van der Waals surface area contributed by atoms with Gasteiger partial charge in [-0.15, -0.1) is 11.3 Å². The van der Waals surface area contributed by atoms with Crippen molar-refractivity contribution in [3.05, 3.63) is 29.2 Å². The molecule has 0 atom stereocenters. The van der Waals surface area contributed by atoms with E-state index < -0.39 is 0 Å². The fourth-order valence-corrected chi connectivity index (χ4v) is 3.11. The van der Waals surface area contributed by atoms with E-state index in [-0.39, 0.29) is 0 Å². The molecule has 0 aromatic carbocycles. The maximum atomic E-state index is 4.79. The molecule has 1 aliphatic carbocycles. The van der Waals surface area contributed by atoms with Crippen LogP contribution in [0.1, 0.15) is 37.3 Å². The monoisotopic (exact) mass is 288 g/mol. The standard InChI is InChI=1S/C15H20N4S/c1-10(2)7-12-14(9-18-11-3-4-11)20-15(19-12)13-8-16-5-6-17-13/h5-6,8,10-11,18H,3-4,7,9H2,1-2H3. The molecule has 4 nitrogen and oxygen atoms in total. The summed E-state index contributed by atoms with van der Waals surface area (Å²) in [5, 5.41) is 4.57. The molecule has 0 amide bonds. The maximum Gasteiger partial charge on any atom is 0.144 e. The number of nitrogens with zero attached hydrogens (tertiary/aromatic N) is 3. The van der Waals surface area contributed by atoms with Gasteiger partial charge in [0.25, 0.3) is 0 Å². The Kier molecular flexibility index (Phi) is 4.08. The average molecular weight is 288 g/mol. The number of hydrogen-bond donors (Lipinski definition) is 1. The normalized spacial score (nSPS) is 14.9. The average Bonchev–Trinajstić information content (AvgIpc) is 3.19. The Balaban J connectivity index is 1.83. The van der Waals surface area contributed by atoms with Gasteiger partial charge in [0.1, 0.15) is 10.7 Å². The van der Waals surface area contributed by atoms with Crippen LogP contribution in [0.4, 0.5) is 0 Å². The van der Waals surface area contributed by atoms with E-state index in [1.807, 2.05) is 0 Å². The summed E-state index contributed by atoms with van der Waals surface area (Å²) in [5.74, 6) is 0.617. The summed E-state index contributed by atoms with van der Waals surface area (Å²) in [6.07, 6.45) is 8.86. The molecule has 1 fully saturated rings. The summed E-state index contributed by atoms with van der Waals surface area (Å²) < 4.78 is 0. The summed E-state index contributed by atoms with van der Waals surface area (Å²) >= 11 is 1.75. The molecule has 106 valence electrons. The van der Waals surface area contributed by atoms with Gasteiger partial charge in [0.05, 0.1) is 11.9 Å². The van der Waals surface area contributed by atoms with Crippen molar-refractivity contribution in [2.45, 2.75) is 45.7 Å². The lowest BCUT2D eigenvalue weighted by Gasteiger charge is -2.05. The lowest BCUT2D eigenvalue weighted by Crippen LogP contribution is -2.15. The van der Waals surface area contributed by atoms with Crippen LogP contribution in [0.2, 0.25) is 0 Å². The van der Waals surface area contributed by atoms with Crippen molar-refractivity contribution in [2.75, 3.05) is 0 Å². The predicted octanol–water partition coefficient (Wildman–Crippen LogP) is 3.05. The Hall–Kier alpha value is -1.33. The zero-order valence-corrected chi connectivity index (χ0v) is 12.8. The minimum atomic E-state index is 0.617. The quantitative estimate of drug-likeness (QED) is 0.887. The van der Waals surface area contributed by atoms with E-state index in [4.69, 9.17) is 4.98 Å². The molecule has 20 heavy (non-hydrogen) atoms. The first-order valence-corrected chi connectivity index (χ1v) is 8.02. The Morgan fingerprint density at radius 1 is 1.35 bits per heavy atom. The van der Waals surface area contributed by atoms with Crippen LogP contribution in [0.15, 0.2) is 18.6 Å². The molecule has 0 aliphatic heterocycles. The van der Waals surface area contributed by atoms with Crippen LogP contribution in [0.25, 0.3) is 10.7 Å². The Labute approximate surface area is 123 Å². The molecular formula is C15H20N4S. The minimum Gasteiger partial charge on any atom is -0.309 e. The van der Waals surface area contributed by atoms with Gasteiger partial charge in [-0.3, -0.25) is 9.97 Å². The summed E-state index contributed by atoms with van der Waals surface area (Å²) in [6.45, 7) is 5.41. The highest BCUT2D eigenvalue weighted by Crippen LogP contribution is 2.29. The summed E-state index contributed by atoms with van der Waals surface area (Å²) in [4.78, 5) is 14.6. The van der Waals surface area contributed by atoms with Gasteiger partial charge in [0.15, 0.2) is 0 Å². The second kappa shape index (κ2) is 5.97. The molecule has 1 saturated carbocycles. The van der Waals surface area contributed by atoms with Gasteiger partial charge in [-0.1, -0.05) is 13.8 Å². The van der Waals surface area contributed by atoms with Crippen LogP contribution < -0.4 is 5.32 Å². The second-order valence-electron chi connectivity index (χ2n) is 5.73. The van der Waals surface area contributed by atoms with E-state index in [1.54, 1.807) is 29.9 Å². The molecule has 0 spiro atoms. The molecule has 1 N–H and O–H groups in total. The number of thiazole rings is 1. The first-order valence-electron chi connectivity index (χ1n) is 7.20. The van der Waals surface area contributed by atoms with Gasteiger partial charge in [0, 0.05) is 29.9 Å². The smallest absolute Gasteiger partial charge is 0.144 e. The molecule has 2 aromatic rings. The van der Waals surface area contributed by atoms with Crippen LogP contribution >= 0.6 is 11.3 Å². The van der Waals surface area contributed by atoms with Gasteiger partial charge in [-0.25, -0.2) is 4.98 Å². The van der Waals surface area contributed by atoms with Crippen LogP contribution in [-0.2, 0) is 13.0 Å². The third-order valence-corrected chi connectivity index (χ3v) is 4.41. The first kappa shape index (κ1) is 13.6. The van der Waals surface area contributed by atoms with Crippen LogP contribution in [0.5, 0.6) is 0 Å². The number of nitrogens with one attached hydrogen (secondary N) is 1. The number of aromatic nitrogens is 3. The predicted molar refractivity (Wildman–Crippen MR) is 81.5 cm³/mol. The van der Waals surface area contributed by atoms with Crippen molar-refractivity contribution in [1.29, 1.82) is 0 Å². The molecule has 1 aliphatic rings. The highest BCUT2D eigenvalue weighted by atomic mass is 32.1. The fraction of sp³-hybridized carbons (Fsp3) is 0.533. The lowest BCUT2D eigenvalue weighted by atomic mass is 10.1. The molecule has 0 unspecified atom stereocenters. The van der Waals surface area contributed by atoms with Crippen LogP contribution in [-0.4, -0.2) is 21.0 Å². The van der Waals surface area contributed by atoms with E-state index >= 15 is 0 Å². The summed E-state index contributed by atoms with van der Waals surface area (Å²) in [5.41, 5.74) is 2.10. The van der Waals surface area contributed by atoms with E-state index in [0.29, 0.717) is 5.92 Å². The van der Waals surface area contributed by atoms with Gasteiger partial charge >= 0.3 is 0 Å². The second-order valence-corrected chi connectivity index (χ2v) is 6.82. The topological polar surface area (TPSA) is 50.7 Å². The van der Waals surface area contributed by atoms with Gasteiger partial charge < -0.3 is 5.32 Å². The Morgan fingerprint density at radius 2 is 2.20 bits per heavy atom. The van der Waals surface area contributed by atoms with Crippen molar-refractivity contribution in [2.24, 2.45) is 5.92 Å². The van der Waals surface area contributed by atoms with Gasteiger partial charge in [-0.2, -0.15) is 0 Å². The van der Waals surface area contributed by atoms with E-state index in [2.05, 4.69) is 29.1 Å². The first-order chi connectivity index (χ1) is 9.72. The molecule has 2 aromatic heterocycles. The Bertz CT molecular complexity index is 561. The van der Waals surface area contributed by atoms with Crippen molar-refractivity contribution >= 4 is 11.3 Å². The highest BCUT2D eigenvalue weighted by Gasteiger charge is 2.22. The molecule has 5 heteroatoms. The highest BCUT2D eigenvalue weighted by molar-refractivity contribution is 7.15. The molecule has 2 heterocycles. The largest absolute Gasteiger partial charge is 0.309 e. The van der Waals surface area contributed by atoms with Crippen molar-refractivity contribution in [3.8, 4) is 10.7 Å². The summed E-state index contributed by atoms with van der Waals surface area (Å²) in [6, 6.07) is 0.726. The molecular weight excluding hydrogens is 268 g/mol. The molecule has 0 radical (unpaired) electrons. The number of rotatable bonds is 6. The minimum absolute atomic E-state index is 0.617. The van der Waals surface area contributed by atoms with E-state index in [0.717, 1.165) is 29.7 Å². The molecule has 3 rings (SSSR count). The lowest BCUT2D eigenvalue weighted by molar-refractivity contribution is 0.624.